The lowest BCUT2D eigenvalue weighted by molar-refractivity contribution is -0.121. The minimum atomic E-state index is -0.303. The highest BCUT2D eigenvalue weighted by Gasteiger charge is 2.40. The molecular formula is C38H39FN6O2. The van der Waals surface area contributed by atoms with E-state index in [1.807, 2.05) is 36.4 Å². The van der Waals surface area contributed by atoms with Crippen molar-refractivity contribution >= 4 is 17.4 Å². The second-order valence-electron chi connectivity index (χ2n) is 12.6. The van der Waals surface area contributed by atoms with Gasteiger partial charge in [-0.25, -0.2) is 14.4 Å². The first kappa shape index (κ1) is 30.6. The van der Waals surface area contributed by atoms with E-state index in [1.54, 1.807) is 6.08 Å². The van der Waals surface area contributed by atoms with Crippen molar-refractivity contribution < 1.29 is 13.9 Å². The van der Waals surface area contributed by atoms with Crippen LogP contribution < -0.4 is 20.7 Å². The molecule has 8 nitrogen and oxygen atoms in total. The molecule has 2 unspecified atom stereocenters. The average molecular weight is 631 g/mol. The summed E-state index contributed by atoms with van der Waals surface area (Å²) in [5.74, 6) is 0.0981. The summed E-state index contributed by atoms with van der Waals surface area (Å²) in [6.07, 6.45) is 6.52. The Morgan fingerprint density at radius 3 is 2.38 bits per heavy atom. The monoisotopic (exact) mass is 630 g/mol. The van der Waals surface area contributed by atoms with Gasteiger partial charge in [-0.1, -0.05) is 73.8 Å². The lowest BCUT2D eigenvalue weighted by Crippen LogP contribution is -2.54. The Labute approximate surface area is 274 Å². The molecule has 240 valence electrons. The summed E-state index contributed by atoms with van der Waals surface area (Å²) in [7, 11) is 0. The van der Waals surface area contributed by atoms with Gasteiger partial charge in [0.2, 0.25) is 5.91 Å². The number of nitrogens with zero attached hydrogens (tertiary/aromatic N) is 4. The maximum Gasteiger partial charge on any atom is 0.258 e. The number of carbonyl (C=O) groups excluding carboxylic acids is 1. The minimum Gasteiger partial charge on any atom is -0.470 e. The summed E-state index contributed by atoms with van der Waals surface area (Å²) in [6.45, 7) is 10.0. The Kier molecular flexibility index (Phi) is 8.47. The highest BCUT2D eigenvalue weighted by Crippen LogP contribution is 2.43. The molecule has 2 saturated heterocycles. The van der Waals surface area contributed by atoms with E-state index in [1.165, 1.54) is 23.4 Å². The van der Waals surface area contributed by atoms with Crippen LogP contribution in [0.1, 0.15) is 42.9 Å². The number of nitrogens with two attached hydrogens (primary N) is 1. The molecule has 0 saturated carbocycles. The van der Waals surface area contributed by atoms with E-state index < -0.39 is 0 Å². The molecule has 2 bridgehead atoms. The van der Waals surface area contributed by atoms with Crippen LogP contribution in [0.3, 0.4) is 0 Å². The Hall–Kier alpha value is -5.02. The molecule has 2 fully saturated rings. The van der Waals surface area contributed by atoms with Crippen LogP contribution in [0.25, 0.3) is 22.4 Å². The van der Waals surface area contributed by atoms with E-state index in [2.05, 4.69) is 62.5 Å². The maximum absolute atomic E-state index is 15.6. The Morgan fingerprint density at radius 1 is 1.04 bits per heavy atom. The van der Waals surface area contributed by atoms with Gasteiger partial charge in [0.05, 0.1) is 23.6 Å². The quantitative estimate of drug-likeness (QED) is 0.188. The zero-order chi connectivity index (χ0) is 32.5. The number of hydrogen-bond acceptors (Lipinski definition) is 7. The van der Waals surface area contributed by atoms with E-state index in [4.69, 9.17) is 10.5 Å². The molecule has 0 spiro atoms. The number of fused-ring (bicyclic) bond motifs is 5. The van der Waals surface area contributed by atoms with Crippen molar-refractivity contribution in [2.75, 3.05) is 36.9 Å². The molecule has 3 aromatic carbocycles. The fourth-order valence-electron chi connectivity index (χ4n) is 7.29. The summed E-state index contributed by atoms with van der Waals surface area (Å²) in [4.78, 5) is 26.5. The van der Waals surface area contributed by atoms with E-state index >= 15 is 4.39 Å². The number of nitrogens with one attached hydrogen (secondary N) is 1. The van der Waals surface area contributed by atoms with Crippen LogP contribution >= 0.6 is 0 Å². The smallest absolute Gasteiger partial charge is 0.258 e. The molecule has 2 atom stereocenters. The van der Waals surface area contributed by atoms with Gasteiger partial charge in [0.1, 0.15) is 12.4 Å². The third-order valence-electron chi connectivity index (χ3n) is 9.63. The summed E-state index contributed by atoms with van der Waals surface area (Å²) in [6, 6.07) is 22.3. The molecule has 1 aliphatic carbocycles. The highest BCUT2D eigenvalue weighted by molar-refractivity contribution is 5.83. The third-order valence-corrected chi connectivity index (χ3v) is 9.63. The molecule has 3 N–H and O–H groups in total. The van der Waals surface area contributed by atoms with Crippen LogP contribution in [0.5, 0.6) is 5.88 Å². The van der Waals surface area contributed by atoms with Crippen molar-refractivity contribution in [3.8, 4) is 28.3 Å². The number of nitrogen functional groups attached to an aromatic ring is 1. The van der Waals surface area contributed by atoms with Gasteiger partial charge in [0.25, 0.3) is 5.88 Å². The fraction of sp³-hybridized carbons (Fsp3) is 0.289. The standard InChI is InChI=1S/C38H39FN6O2/c1-3-24(2)23-47-38-37(40)41-20-33(42-38)25-14-17-34(32(39)19-25)44-21-26-15-16-27(22-44)45(26)18-8-13-35(46)43-36-30-11-6-4-9-28(30)29-10-5-7-12-31(29)36/h3-7,9-12,14,17,19-20,26-27,36H,1-2,8,13,15-16,18,21-23H2,(H2,40,41)(H,43,46). The lowest BCUT2D eigenvalue weighted by atomic mass is 10.0. The van der Waals surface area contributed by atoms with Gasteiger partial charge in [-0.05, 0) is 65.8 Å². The number of ether oxygens (including phenoxy) is 1. The topological polar surface area (TPSA) is 96.6 Å². The molecule has 2 aliphatic heterocycles. The van der Waals surface area contributed by atoms with E-state index in [0.717, 1.165) is 50.0 Å². The van der Waals surface area contributed by atoms with Gasteiger partial charge in [0, 0.05) is 37.2 Å². The first-order valence-corrected chi connectivity index (χ1v) is 16.2. The van der Waals surface area contributed by atoms with E-state index in [-0.39, 0.29) is 36.1 Å². The Bertz CT molecular complexity index is 1780. The molecule has 9 heteroatoms. The Morgan fingerprint density at radius 2 is 1.72 bits per heavy atom. The average Bonchev–Trinajstić information content (AvgIpc) is 3.52. The summed E-state index contributed by atoms with van der Waals surface area (Å²) >= 11 is 0. The predicted molar refractivity (Wildman–Crippen MR) is 183 cm³/mol. The van der Waals surface area contributed by atoms with Crippen LogP contribution in [0.4, 0.5) is 15.9 Å². The molecule has 47 heavy (non-hydrogen) atoms. The number of rotatable bonds is 11. The summed E-state index contributed by atoms with van der Waals surface area (Å²) in [5.41, 5.74) is 13.0. The number of amides is 1. The molecule has 0 radical (unpaired) electrons. The number of benzene rings is 3. The van der Waals surface area contributed by atoms with E-state index in [0.29, 0.717) is 41.0 Å². The highest BCUT2D eigenvalue weighted by atomic mass is 19.1. The SMILES string of the molecule is C=CC(=C)COc1nc(-c2ccc(N3CC4CCC(C3)N4CCCC(=O)NC3c4ccccc4-c4ccccc43)c(F)c2)cnc1N. The normalized spacial score (nSPS) is 18.4. The van der Waals surface area contributed by atoms with Gasteiger partial charge in [0.15, 0.2) is 5.82 Å². The van der Waals surface area contributed by atoms with Crippen LogP contribution in [0.15, 0.2) is 97.7 Å². The van der Waals surface area contributed by atoms with Gasteiger partial charge in [-0.3, -0.25) is 9.69 Å². The number of halogens is 1. The van der Waals surface area contributed by atoms with E-state index in [9.17, 15) is 4.79 Å². The van der Waals surface area contributed by atoms with Crippen molar-refractivity contribution in [3.63, 3.8) is 0 Å². The minimum absolute atomic E-state index is 0.0707. The third kappa shape index (κ3) is 6.11. The van der Waals surface area contributed by atoms with Gasteiger partial charge < -0.3 is 20.7 Å². The van der Waals surface area contributed by atoms with Gasteiger partial charge in [-0.2, -0.15) is 0 Å². The summed E-state index contributed by atoms with van der Waals surface area (Å²) in [5, 5.41) is 3.30. The first-order chi connectivity index (χ1) is 22.9. The zero-order valence-corrected chi connectivity index (χ0v) is 26.4. The van der Waals surface area contributed by atoms with Crippen LogP contribution in [-0.2, 0) is 4.79 Å². The van der Waals surface area contributed by atoms with Crippen molar-refractivity contribution in [3.05, 3.63) is 115 Å². The Balaban J connectivity index is 0.949. The molecule has 4 aromatic rings. The van der Waals surface area contributed by atoms with Crippen LogP contribution in [0.2, 0.25) is 0 Å². The number of aromatic nitrogens is 2. The van der Waals surface area contributed by atoms with Crippen molar-refractivity contribution in [1.82, 2.24) is 20.2 Å². The molecule has 3 heterocycles. The van der Waals surface area contributed by atoms with Crippen LogP contribution in [0, 0.1) is 5.82 Å². The van der Waals surface area contributed by atoms with Gasteiger partial charge in [-0.15, -0.1) is 0 Å². The first-order valence-electron chi connectivity index (χ1n) is 16.2. The maximum atomic E-state index is 15.6. The molecule has 3 aliphatic rings. The lowest BCUT2D eigenvalue weighted by Gasteiger charge is -2.42. The number of anilines is 2. The fourth-order valence-corrected chi connectivity index (χ4v) is 7.29. The predicted octanol–water partition coefficient (Wildman–Crippen LogP) is 6.31. The number of carbonyl (C=O) groups is 1. The van der Waals surface area contributed by atoms with Crippen LogP contribution in [-0.4, -0.2) is 59.1 Å². The second-order valence-corrected chi connectivity index (χ2v) is 12.6. The molecule has 1 amide bonds. The van der Waals surface area contributed by atoms with Crippen molar-refractivity contribution in [2.45, 2.75) is 43.8 Å². The van der Waals surface area contributed by atoms with Crippen molar-refractivity contribution in [1.29, 1.82) is 0 Å². The summed E-state index contributed by atoms with van der Waals surface area (Å²) < 4.78 is 21.2. The number of piperazine rings is 1. The number of hydrogen-bond donors (Lipinski definition) is 2. The largest absolute Gasteiger partial charge is 0.470 e. The second kappa shape index (κ2) is 13.0. The zero-order valence-electron chi connectivity index (χ0n) is 26.4. The van der Waals surface area contributed by atoms with Crippen molar-refractivity contribution in [2.24, 2.45) is 0 Å². The molecule has 7 rings (SSSR count). The molecule has 1 aromatic heterocycles. The molecular weight excluding hydrogens is 591 g/mol. The van der Waals surface area contributed by atoms with Gasteiger partial charge >= 0.3 is 0 Å².